The van der Waals surface area contributed by atoms with E-state index in [1.165, 1.54) is 43.7 Å². The molecule has 0 bridgehead atoms. The van der Waals surface area contributed by atoms with Crippen molar-refractivity contribution in [3.63, 3.8) is 0 Å². The summed E-state index contributed by atoms with van der Waals surface area (Å²) < 4.78 is 5.79. The number of aromatic carboxylic acids is 1. The summed E-state index contributed by atoms with van der Waals surface area (Å²) in [7, 11) is 0. The highest BCUT2D eigenvalue weighted by Crippen LogP contribution is 2.25. The van der Waals surface area contributed by atoms with Gasteiger partial charge in [0.2, 0.25) is 0 Å². The van der Waals surface area contributed by atoms with Gasteiger partial charge < -0.3 is 9.84 Å². The maximum Gasteiger partial charge on any atom is 0.355 e. The van der Waals surface area contributed by atoms with E-state index in [-0.39, 0.29) is 5.69 Å². The van der Waals surface area contributed by atoms with Gasteiger partial charge >= 0.3 is 5.97 Å². The lowest BCUT2D eigenvalue weighted by molar-refractivity contribution is 0.0691. The molecule has 3 rings (SSSR count). The van der Waals surface area contributed by atoms with Crippen LogP contribution < -0.4 is 4.74 Å². The second-order valence-corrected chi connectivity index (χ2v) is 6.48. The van der Waals surface area contributed by atoms with Crippen LogP contribution in [0, 0.1) is 0 Å². The van der Waals surface area contributed by atoms with Crippen LogP contribution in [0.5, 0.6) is 5.75 Å². The van der Waals surface area contributed by atoms with E-state index in [4.69, 9.17) is 9.84 Å². The third-order valence-electron chi connectivity index (χ3n) is 3.95. The molecule has 5 nitrogen and oxygen atoms in total. The number of carboxylic acids is 1. The Labute approximate surface area is 139 Å². The molecule has 23 heavy (non-hydrogen) atoms. The van der Waals surface area contributed by atoms with Crippen LogP contribution in [0.1, 0.15) is 29.8 Å². The van der Waals surface area contributed by atoms with Crippen LogP contribution in [0.3, 0.4) is 0 Å². The zero-order valence-electron chi connectivity index (χ0n) is 12.9. The molecule has 2 aromatic rings. The zero-order chi connectivity index (χ0) is 16.1. The smallest absolute Gasteiger partial charge is 0.355 e. The van der Waals surface area contributed by atoms with Crippen molar-refractivity contribution in [1.82, 2.24) is 9.88 Å². The minimum Gasteiger partial charge on any atom is -0.492 e. The molecule has 1 fully saturated rings. The molecule has 1 saturated heterocycles. The Morgan fingerprint density at radius 2 is 1.96 bits per heavy atom. The molecule has 0 spiro atoms. The van der Waals surface area contributed by atoms with Gasteiger partial charge in [0.1, 0.15) is 17.4 Å². The number of piperidine rings is 1. The number of thiazole rings is 1. The lowest BCUT2D eigenvalue weighted by Crippen LogP contribution is -2.33. The number of benzene rings is 1. The molecule has 122 valence electrons. The van der Waals surface area contributed by atoms with Gasteiger partial charge in [-0.1, -0.05) is 6.42 Å². The first-order chi connectivity index (χ1) is 11.2. The molecule has 6 heteroatoms. The van der Waals surface area contributed by atoms with Crippen LogP contribution in [0.2, 0.25) is 0 Å². The lowest BCUT2D eigenvalue weighted by Gasteiger charge is -2.26. The molecule has 0 amide bonds. The van der Waals surface area contributed by atoms with Crippen molar-refractivity contribution in [3.8, 4) is 16.3 Å². The van der Waals surface area contributed by atoms with Crippen LogP contribution in [-0.2, 0) is 0 Å². The van der Waals surface area contributed by atoms with E-state index in [2.05, 4.69) is 9.88 Å². The Balaban J connectivity index is 1.53. The highest BCUT2D eigenvalue weighted by molar-refractivity contribution is 7.13. The number of hydrogen-bond acceptors (Lipinski definition) is 5. The van der Waals surface area contributed by atoms with Gasteiger partial charge in [0.05, 0.1) is 0 Å². The lowest BCUT2D eigenvalue weighted by atomic mass is 10.1. The second kappa shape index (κ2) is 7.57. The van der Waals surface area contributed by atoms with Crippen LogP contribution >= 0.6 is 11.3 Å². The predicted octanol–water partition coefficient (Wildman–Crippen LogP) is 3.37. The van der Waals surface area contributed by atoms with Crippen LogP contribution in [0.25, 0.3) is 10.6 Å². The molecule has 0 radical (unpaired) electrons. The van der Waals surface area contributed by atoms with Crippen LogP contribution in [0.4, 0.5) is 0 Å². The largest absolute Gasteiger partial charge is 0.492 e. The number of ether oxygens (including phenoxy) is 1. The quantitative estimate of drug-likeness (QED) is 0.879. The van der Waals surface area contributed by atoms with E-state index in [9.17, 15) is 4.79 Å². The fourth-order valence-corrected chi connectivity index (χ4v) is 3.47. The second-order valence-electron chi connectivity index (χ2n) is 5.62. The summed E-state index contributed by atoms with van der Waals surface area (Å²) in [6.07, 6.45) is 3.93. The third-order valence-corrected chi connectivity index (χ3v) is 4.84. The standard InChI is InChI=1S/C17H20N2O3S/c20-17(21)15-12-23-16(18-15)13-4-6-14(7-5-13)22-11-10-19-8-2-1-3-9-19/h4-7,12H,1-3,8-11H2,(H,20,21). The van der Waals surface area contributed by atoms with Gasteiger partial charge in [0, 0.05) is 17.5 Å². The number of rotatable bonds is 6. The van der Waals surface area contributed by atoms with Gasteiger partial charge in [0.25, 0.3) is 0 Å². The van der Waals surface area contributed by atoms with Crippen molar-refractivity contribution in [3.05, 3.63) is 35.3 Å². The van der Waals surface area contributed by atoms with E-state index >= 15 is 0 Å². The average Bonchev–Trinajstić information content (AvgIpc) is 3.07. The Hall–Kier alpha value is -1.92. The number of likely N-dealkylation sites (tertiary alicyclic amines) is 1. The van der Waals surface area contributed by atoms with Crippen molar-refractivity contribution in [2.45, 2.75) is 19.3 Å². The number of aromatic nitrogens is 1. The van der Waals surface area contributed by atoms with Gasteiger partial charge in [0.15, 0.2) is 5.69 Å². The van der Waals surface area contributed by atoms with Gasteiger partial charge in [-0.2, -0.15) is 0 Å². The molecule has 0 saturated carbocycles. The molecule has 1 aliphatic rings. The van der Waals surface area contributed by atoms with E-state index in [1.807, 2.05) is 24.3 Å². The van der Waals surface area contributed by atoms with Gasteiger partial charge in [-0.05, 0) is 50.2 Å². The maximum absolute atomic E-state index is 10.9. The van der Waals surface area contributed by atoms with Crippen LogP contribution in [0.15, 0.2) is 29.6 Å². The number of nitrogens with zero attached hydrogens (tertiary/aromatic N) is 2. The first kappa shape index (κ1) is 16.0. The highest BCUT2D eigenvalue weighted by atomic mass is 32.1. The SMILES string of the molecule is O=C(O)c1csc(-c2ccc(OCCN3CCCCC3)cc2)n1. The number of hydrogen-bond donors (Lipinski definition) is 1. The fraction of sp³-hybridized carbons (Fsp3) is 0.412. The highest BCUT2D eigenvalue weighted by Gasteiger charge is 2.11. The first-order valence-corrected chi connectivity index (χ1v) is 8.75. The minimum atomic E-state index is -0.995. The minimum absolute atomic E-state index is 0.0897. The first-order valence-electron chi connectivity index (χ1n) is 7.87. The topological polar surface area (TPSA) is 62.7 Å². The molecule has 2 heterocycles. The van der Waals surface area contributed by atoms with Crippen molar-refractivity contribution in [2.75, 3.05) is 26.2 Å². The van der Waals surface area contributed by atoms with Crippen molar-refractivity contribution in [2.24, 2.45) is 0 Å². The summed E-state index contributed by atoms with van der Waals surface area (Å²) in [6.45, 7) is 4.02. The summed E-state index contributed by atoms with van der Waals surface area (Å²) >= 11 is 1.33. The van der Waals surface area contributed by atoms with E-state index < -0.39 is 5.97 Å². The van der Waals surface area contributed by atoms with Gasteiger partial charge in [-0.15, -0.1) is 11.3 Å². The molecule has 0 aliphatic carbocycles. The fourth-order valence-electron chi connectivity index (χ4n) is 2.67. The summed E-state index contributed by atoms with van der Waals surface area (Å²) in [5.41, 5.74) is 0.998. The summed E-state index contributed by atoms with van der Waals surface area (Å²) in [4.78, 5) is 17.4. The number of carboxylic acid groups (broad SMARTS) is 1. The van der Waals surface area contributed by atoms with Crippen molar-refractivity contribution >= 4 is 17.3 Å². The third kappa shape index (κ3) is 4.30. The monoisotopic (exact) mass is 332 g/mol. The summed E-state index contributed by atoms with van der Waals surface area (Å²) in [5.74, 6) is -0.161. The molecule has 1 aliphatic heterocycles. The Kier molecular flexibility index (Phi) is 5.25. The molecular formula is C17H20N2O3S. The van der Waals surface area contributed by atoms with E-state index in [0.717, 1.165) is 17.9 Å². The number of carbonyl (C=O) groups is 1. The maximum atomic E-state index is 10.9. The Bertz CT molecular complexity index is 648. The van der Waals surface area contributed by atoms with Crippen LogP contribution in [-0.4, -0.2) is 47.2 Å². The molecule has 0 atom stereocenters. The summed E-state index contributed by atoms with van der Waals surface area (Å²) in [5, 5.41) is 11.2. The molecule has 1 aromatic carbocycles. The normalized spacial score (nSPS) is 15.5. The molecular weight excluding hydrogens is 312 g/mol. The van der Waals surface area contributed by atoms with E-state index in [0.29, 0.717) is 11.6 Å². The van der Waals surface area contributed by atoms with Crippen molar-refractivity contribution < 1.29 is 14.6 Å². The van der Waals surface area contributed by atoms with Gasteiger partial charge in [-0.3, -0.25) is 4.90 Å². The Morgan fingerprint density at radius 1 is 1.22 bits per heavy atom. The molecule has 0 unspecified atom stereocenters. The average molecular weight is 332 g/mol. The molecule has 1 N–H and O–H groups in total. The van der Waals surface area contributed by atoms with Gasteiger partial charge in [-0.25, -0.2) is 9.78 Å². The van der Waals surface area contributed by atoms with Crippen molar-refractivity contribution in [1.29, 1.82) is 0 Å². The van der Waals surface area contributed by atoms with E-state index in [1.54, 1.807) is 5.38 Å². The zero-order valence-corrected chi connectivity index (χ0v) is 13.7. The molecule has 1 aromatic heterocycles. The predicted molar refractivity (Wildman–Crippen MR) is 90.3 cm³/mol. The summed E-state index contributed by atoms with van der Waals surface area (Å²) in [6, 6.07) is 7.65. The Morgan fingerprint density at radius 3 is 2.61 bits per heavy atom.